The molecule has 4 aromatic rings. The largest absolute Gasteiger partial charge is 0.340 e. The smallest absolute Gasteiger partial charge is 0.332 e. The third kappa shape index (κ3) is 23.7. The highest BCUT2D eigenvalue weighted by Crippen LogP contribution is 2.43. The molecular weight excluding hydrogens is 1730 g/mol. The van der Waals surface area contributed by atoms with Gasteiger partial charge in [-0.15, -0.1) is 0 Å². The number of likely N-dealkylation sites (tertiary alicyclic amines) is 8. The lowest BCUT2D eigenvalue weighted by Gasteiger charge is -2.46. The van der Waals surface area contributed by atoms with Crippen LogP contribution < -0.4 is 40.2 Å². The van der Waals surface area contributed by atoms with Gasteiger partial charge in [-0.2, -0.15) is 0 Å². The van der Waals surface area contributed by atoms with Crippen LogP contribution in [-0.4, -0.2) is 272 Å². The standard InChI is InChI=1S/C24H39ClN4O3S.C24H39FN4O3S.C23H34N4O3S.C22H30N4O4S/c2*1-6-28-10-7-19(8-11-28)29-12-9-20(15-29)33(31,32)27-24(30)26-23-21(16(2)3)13-18(25)14-22(23)17(4)5;1-15(2)27-12-18(13-27)26-10-9-19(14-26)31(29,30)25-23(28)24-22-20-7-3-5-16(20)11-17-6-4-8-21(17)22;1-14(27)26-11-17(12-26)25-9-8-18(13-25)31(29,30)24-22(28)23-21-19-6-2-4-15(19)10-16-5-3-7-20(16)21/h2*13-14,16-17,19-20H,6-12,15H2,1-5H3,(H2,26,27,30);11,15,18-19H,3-10,12-14H2,1-2H3,(H2,24,25,28);10,17-18H,2-9,11-13H2,1H3,(H2,23,24,28). The van der Waals surface area contributed by atoms with Crippen molar-refractivity contribution in [3.8, 4) is 0 Å². The van der Waals surface area contributed by atoms with Crippen LogP contribution in [0, 0.1) is 5.82 Å². The molecule has 8 saturated heterocycles. The molecule has 4 aliphatic carbocycles. The highest BCUT2D eigenvalue weighted by atomic mass is 35.5. The van der Waals surface area contributed by atoms with Crippen molar-refractivity contribution in [1.82, 2.24) is 58.1 Å². The summed E-state index contributed by atoms with van der Waals surface area (Å²) in [4.78, 5) is 80.4. The zero-order valence-electron chi connectivity index (χ0n) is 77.6. The number of amides is 9. The van der Waals surface area contributed by atoms with Gasteiger partial charge in [0.25, 0.3) is 0 Å². The minimum Gasteiger partial charge on any atom is -0.340 e. The summed E-state index contributed by atoms with van der Waals surface area (Å²) in [7, 11) is -15.1. The average Bonchev–Trinajstić information content (AvgIpc) is 1.58. The van der Waals surface area contributed by atoms with Crippen LogP contribution in [0.1, 0.15) is 257 Å². The van der Waals surface area contributed by atoms with Gasteiger partial charge in [0.1, 0.15) is 5.82 Å². The molecule has 4 atom stereocenters. The predicted octanol–water partition coefficient (Wildman–Crippen LogP) is 12.4. The van der Waals surface area contributed by atoms with Gasteiger partial charge in [-0.3, -0.25) is 29.3 Å². The summed E-state index contributed by atoms with van der Waals surface area (Å²) in [5.41, 5.74) is 16.0. The number of carbonyl (C=O) groups is 5. The van der Waals surface area contributed by atoms with Crippen molar-refractivity contribution < 1.29 is 62.0 Å². The number of halogens is 2. The fraction of sp³-hybridized carbons (Fsp3) is 0.688. The predicted molar refractivity (Wildman–Crippen MR) is 506 cm³/mol. The number of piperidine rings is 2. The van der Waals surface area contributed by atoms with E-state index < -0.39 is 85.2 Å². The van der Waals surface area contributed by atoms with E-state index in [0.29, 0.717) is 123 Å². The highest BCUT2D eigenvalue weighted by Gasteiger charge is 2.46. The Morgan fingerprint density at radius 3 is 0.914 bits per heavy atom. The molecule has 8 heterocycles. The van der Waals surface area contributed by atoms with E-state index in [1.165, 1.54) is 56.6 Å². The lowest BCUT2D eigenvalue weighted by molar-refractivity contribution is -0.135. The minimum absolute atomic E-state index is 0.0346. The molecule has 0 saturated carbocycles. The number of fused-ring (bicyclic) bond motifs is 4. The first kappa shape index (κ1) is 98.7. The van der Waals surface area contributed by atoms with Crippen molar-refractivity contribution in [2.45, 2.75) is 293 Å². The maximum absolute atomic E-state index is 14.1. The van der Waals surface area contributed by atoms with Crippen LogP contribution in [0.25, 0.3) is 0 Å². The number of hydrogen-bond acceptors (Lipinski definition) is 20. The third-order valence-corrected chi connectivity index (χ3v) is 36.3. The lowest BCUT2D eigenvalue weighted by atomic mass is 9.92. The maximum atomic E-state index is 14.1. The molecule has 710 valence electrons. The van der Waals surface area contributed by atoms with E-state index in [9.17, 15) is 62.0 Å². The highest BCUT2D eigenvalue weighted by molar-refractivity contribution is 7.91. The molecule has 0 radical (unpaired) electrons. The second kappa shape index (κ2) is 42.2. The molecule has 4 aromatic carbocycles. The fourth-order valence-electron chi connectivity index (χ4n) is 21.4. The molecule has 29 nitrogen and oxygen atoms in total. The fourth-order valence-corrected chi connectivity index (χ4v) is 26.7. The van der Waals surface area contributed by atoms with E-state index in [1.807, 2.05) is 67.5 Å². The summed E-state index contributed by atoms with van der Waals surface area (Å²) in [5, 5.41) is 9.68. The van der Waals surface area contributed by atoms with E-state index in [0.717, 1.165) is 197 Å². The molecule has 35 heteroatoms. The number of sulfonamides is 4. The zero-order chi connectivity index (χ0) is 92.2. The summed E-state index contributed by atoms with van der Waals surface area (Å²) in [6.45, 7) is 40.4. The van der Waals surface area contributed by atoms with Crippen molar-refractivity contribution in [2.24, 2.45) is 0 Å². The Hall–Kier alpha value is -6.83. The van der Waals surface area contributed by atoms with Crippen LogP contribution in [0.5, 0.6) is 0 Å². The first-order chi connectivity index (χ1) is 60.7. The molecule has 128 heavy (non-hydrogen) atoms. The van der Waals surface area contributed by atoms with E-state index in [4.69, 9.17) is 11.6 Å². The van der Waals surface area contributed by atoms with Crippen LogP contribution in [0.4, 0.5) is 46.3 Å². The summed E-state index contributed by atoms with van der Waals surface area (Å²) in [6.07, 6.45) is 18.6. The molecule has 8 N–H and O–H groups in total. The number of rotatable bonds is 23. The number of nitrogens with zero attached hydrogens (tertiary/aromatic N) is 8. The second-order valence-corrected chi connectivity index (χ2v) is 47.4. The first-order valence-corrected chi connectivity index (χ1v) is 53.9. The van der Waals surface area contributed by atoms with Crippen molar-refractivity contribution in [3.05, 3.63) is 114 Å². The summed E-state index contributed by atoms with van der Waals surface area (Å²) >= 11 is 6.30. The van der Waals surface area contributed by atoms with Crippen molar-refractivity contribution in [1.29, 1.82) is 0 Å². The van der Waals surface area contributed by atoms with E-state index >= 15 is 0 Å². The molecule has 16 rings (SSSR count). The zero-order valence-corrected chi connectivity index (χ0v) is 81.6. The Kier molecular flexibility index (Phi) is 32.5. The number of hydrogen-bond donors (Lipinski definition) is 8. The number of carbonyl (C=O) groups excluding carboxylic acids is 5. The Balaban J connectivity index is 0.000000146. The van der Waals surface area contributed by atoms with Crippen LogP contribution in [0.15, 0.2) is 36.4 Å². The molecule has 12 aliphatic rings. The van der Waals surface area contributed by atoms with Crippen LogP contribution in [0.3, 0.4) is 0 Å². The van der Waals surface area contributed by atoms with Gasteiger partial charge in [0.2, 0.25) is 46.0 Å². The number of anilines is 4. The molecule has 0 spiro atoms. The van der Waals surface area contributed by atoms with Crippen LogP contribution in [0.2, 0.25) is 5.02 Å². The lowest BCUT2D eigenvalue weighted by Crippen LogP contribution is -2.61. The monoisotopic (exact) mass is 1870 g/mol. The van der Waals surface area contributed by atoms with Gasteiger partial charge in [-0.1, -0.05) is 93.0 Å². The topological polar surface area (TPSA) is 344 Å². The SMILES string of the molecule is CC(=O)N1CC(N2CCC(S(=O)(=O)NC(=O)Nc3c4c(cc5c3CCC5)CCC4)C2)C1.CC(C)N1CC(N2CCC(S(=O)(=O)NC(=O)Nc3c4c(cc5c3CCC5)CCC4)C2)C1.CCN1CCC(N2CCC(S(=O)(=O)NC(=O)Nc3c(C(C)C)cc(Cl)cc3C(C)C)C2)CC1.CCN1CCC(N2CCC(S(=O)(=O)NC(=O)Nc3c(C(C)C)cc(F)cc3C(C)C)C2)CC1. The van der Waals surface area contributed by atoms with Crippen molar-refractivity contribution in [3.63, 3.8) is 0 Å². The quantitative estimate of drug-likeness (QED) is 0.0342. The average molecular weight is 1870 g/mol. The molecule has 8 aliphatic heterocycles. The van der Waals surface area contributed by atoms with Gasteiger partial charge >= 0.3 is 24.1 Å². The molecule has 0 bridgehead atoms. The Labute approximate surface area is 766 Å². The number of urea groups is 4. The summed E-state index contributed by atoms with van der Waals surface area (Å²) in [6, 6.07) is 10.3. The Morgan fingerprint density at radius 2 is 0.641 bits per heavy atom. The van der Waals surface area contributed by atoms with Gasteiger partial charge in [0, 0.05) is 117 Å². The number of aryl methyl sites for hydroxylation is 4. The van der Waals surface area contributed by atoms with Crippen LogP contribution >= 0.6 is 11.6 Å². The van der Waals surface area contributed by atoms with E-state index in [1.54, 1.807) is 11.8 Å². The molecule has 9 amide bonds. The van der Waals surface area contributed by atoms with Gasteiger partial charge in [0.15, 0.2) is 0 Å². The summed E-state index contributed by atoms with van der Waals surface area (Å²) in [5.74, 6) is -0.139. The summed E-state index contributed by atoms with van der Waals surface area (Å²) < 4.78 is 127. The molecule has 0 aromatic heterocycles. The van der Waals surface area contributed by atoms with Crippen LogP contribution in [-0.2, 0) is 96.3 Å². The van der Waals surface area contributed by atoms with Gasteiger partial charge in [0.05, 0.1) is 21.0 Å². The third-order valence-electron chi connectivity index (χ3n) is 29.1. The molecular formula is C93H142ClFN16O13S4. The Morgan fingerprint density at radius 1 is 0.367 bits per heavy atom. The van der Waals surface area contributed by atoms with Gasteiger partial charge in [-0.25, -0.2) is 76.1 Å². The molecule has 8 fully saturated rings. The van der Waals surface area contributed by atoms with Crippen molar-refractivity contribution in [2.75, 3.05) is 139 Å². The Bertz CT molecular complexity index is 4900. The van der Waals surface area contributed by atoms with E-state index in [-0.39, 0.29) is 41.4 Å². The van der Waals surface area contributed by atoms with Gasteiger partial charge in [-0.05, 0) is 322 Å². The second-order valence-electron chi connectivity index (χ2n) is 39.1. The number of benzene rings is 4. The normalized spacial score (nSPS) is 22.5. The van der Waals surface area contributed by atoms with E-state index in [2.05, 4.69) is 114 Å². The maximum Gasteiger partial charge on any atom is 0.332 e. The van der Waals surface area contributed by atoms with Gasteiger partial charge < -0.3 is 36.0 Å². The van der Waals surface area contributed by atoms with Crippen molar-refractivity contribution >= 4 is 104 Å². The number of nitrogens with one attached hydrogen (secondary N) is 8. The molecule has 4 unspecified atom stereocenters. The first-order valence-electron chi connectivity index (χ1n) is 47.4. The minimum atomic E-state index is -3.83.